The average Bonchev–Trinajstić information content (AvgIpc) is 3.34. The Balaban J connectivity index is 1.34. The number of hydrogen-bond acceptors (Lipinski definition) is 2. The van der Waals surface area contributed by atoms with Gasteiger partial charge in [-0.3, -0.25) is 9.59 Å². The number of rotatable bonds is 4. The minimum atomic E-state index is -0.617. The smallest absolute Gasteiger partial charge is 0.255 e. The summed E-state index contributed by atoms with van der Waals surface area (Å²) in [4.78, 5) is 32.0. The lowest BCUT2D eigenvalue weighted by Gasteiger charge is -2.37. The molecule has 1 unspecified atom stereocenters. The lowest BCUT2D eigenvalue weighted by molar-refractivity contribution is -0.126. The maximum Gasteiger partial charge on any atom is 0.255 e. The lowest BCUT2D eigenvalue weighted by atomic mass is 9.90. The molecule has 2 atom stereocenters. The summed E-state index contributed by atoms with van der Waals surface area (Å²) in [7, 11) is 0. The highest BCUT2D eigenvalue weighted by atomic mass is 19.1. The molecule has 0 saturated heterocycles. The second-order valence-corrected chi connectivity index (χ2v) is 8.66. The Morgan fingerprint density at radius 3 is 2.76 bits per heavy atom. The molecule has 2 aliphatic rings. The van der Waals surface area contributed by atoms with Crippen LogP contribution in [0.2, 0.25) is 0 Å². The van der Waals surface area contributed by atoms with E-state index in [0.717, 1.165) is 33.3 Å². The van der Waals surface area contributed by atoms with Gasteiger partial charge >= 0.3 is 0 Å². The highest BCUT2D eigenvalue weighted by Crippen LogP contribution is 2.46. The second kappa shape index (κ2) is 7.59. The molecule has 164 valence electrons. The zero-order chi connectivity index (χ0) is 22.5. The largest absolute Gasteiger partial charge is 0.356 e. The van der Waals surface area contributed by atoms with Crippen molar-refractivity contribution in [2.24, 2.45) is 0 Å². The lowest BCUT2D eigenvalue weighted by Crippen LogP contribution is -2.52. The molecule has 4 aromatic rings. The predicted octanol–water partition coefficient (Wildman–Crippen LogP) is 4.14. The van der Waals surface area contributed by atoms with Gasteiger partial charge in [0.15, 0.2) is 0 Å². The standard InChI is InChI=1S/C27H22FN3O2/c28-17-7-5-6-16(14-17)12-13-29-26(32)23-15-21-18-8-3-4-11-22(18)30-24(21)25-19-9-1-2-10-20(19)27(33)31(23)25/h1-11,14,23,25,30H,12-13,15H2,(H,29,32)/t23-,25?/m0/s1. The minimum Gasteiger partial charge on any atom is -0.356 e. The summed E-state index contributed by atoms with van der Waals surface area (Å²) in [6, 6.07) is 21.1. The number of nitrogens with one attached hydrogen (secondary N) is 2. The highest BCUT2D eigenvalue weighted by molar-refractivity contribution is 6.03. The van der Waals surface area contributed by atoms with E-state index in [1.54, 1.807) is 11.0 Å². The van der Waals surface area contributed by atoms with Gasteiger partial charge in [0.25, 0.3) is 5.91 Å². The van der Waals surface area contributed by atoms with E-state index in [4.69, 9.17) is 0 Å². The van der Waals surface area contributed by atoms with Crippen LogP contribution >= 0.6 is 0 Å². The van der Waals surface area contributed by atoms with Crippen LogP contribution in [0.15, 0.2) is 72.8 Å². The number of fused-ring (bicyclic) bond motifs is 7. The van der Waals surface area contributed by atoms with Crippen molar-refractivity contribution in [3.8, 4) is 0 Å². The van der Waals surface area contributed by atoms with Gasteiger partial charge < -0.3 is 15.2 Å². The Hall–Kier alpha value is -3.93. The van der Waals surface area contributed by atoms with Crippen molar-refractivity contribution in [2.75, 3.05) is 6.54 Å². The van der Waals surface area contributed by atoms with E-state index in [-0.39, 0.29) is 23.7 Å². The SMILES string of the molecule is O=C(NCCc1cccc(F)c1)[C@@H]1Cc2c([nH]c3ccccc23)C2c3ccccc3C(=O)N21. The third-order valence-electron chi connectivity index (χ3n) is 6.76. The number of hydrogen-bond donors (Lipinski definition) is 2. The first-order valence-electron chi connectivity index (χ1n) is 11.1. The molecule has 0 fully saturated rings. The fraction of sp³-hybridized carbons (Fsp3) is 0.185. The number of para-hydroxylation sites is 1. The van der Waals surface area contributed by atoms with Gasteiger partial charge in [-0.25, -0.2) is 4.39 Å². The molecule has 2 N–H and O–H groups in total. The topological polar surface area (TPSA) is 65.2 Å². The number of aromatic amines is 1. The third-order valence-corrected chi connectivity index (χ3v) is 6.76. The van der Waals surface area contributed by atoms with Crippen LogP contribution in [-0.2, 0) is 17.6 Å². The highest BCUT2D eigenvalue weighted by Gasteiger charge is 2.48. The van der Waals surface area contributed by atoms with E-state index >= 15 is 0 Å². The number of amides is 2. The Morgan fingerprint density at radius 1 is 1.06 bits per heavy atom. The van der Waals surface area contributed by atoms with Gasteiger partial charge in [0.1, 0.15) is 11.9 Å². The number of carbonyl (C=O) groups is 2. The molecule has 0 bridgehead atoms. The van der Waals surface area contributed by atoms with E-state index in [2.05, 4.69) is 16.4 Å². The Bertz CT molecular complexity index is 1410. The maximum absolute atomic E-state index is 13.5. The summed E-state index contributed by atoms with van der Waals surface area (Å²) in [5.74, 6) is -0.597. The van der Waals surface area contributed by atoms with Crippen molar-refractivity contribution in [2.45, 2.75) is 24.9 Å². The van der Waals surface area contributed by atoms with Gasteiger partial charge in [-0.05, 0) is 47.4 Å². The molecule has 1 aromatic heterocycles. The fourth-order valence-electron chi connectivity index (χ4n) is 5.28. The van der Waals surface area contributed by atoms with Crippen LogP contribution in [0, 0.1) is 5.82 Å². The zero-order valence-electron chi connectivity index (χ0n) is 17.8. The quantitative estimate of drug-likeness (QED) is 0.502. The van der Waals surface area contributed by atoms with Crippen molar-refractivity contribution < 1.29 is 14.0 Å². The van der Waals surface area contributed by atoms with Crippen molar-refractivity contribution in [1.82, 2.24) is 15.2 Å². The summed E-state index contributed by atoms with van der Waals surface area (Å²) in [5, 5.41) is 4.07. The zero-order valence-corrected chi connectivity index (χ0v) is 17.8. The van der Waals surface area contributed by atoms with Crippen molar-refractivity contribution in [1.29, 1.82) is 0 Å². The fourth-order valence-corrected chi connectivity index (χ4v) is 5.28. The molecule has 0 spiro atoms. The van der Waals surface area contributed by atoms with Gasteiger partial charge in [-0.1, -0.05) is 48.5 Å². The number of H-pyrrole nitrogens is 1. The first-order valence-corrected chi connectivity index (χ1v) is 11.1. The van der Waals surface area contributed by atoms with Gasteiger partial charge in [0.2, 0.25) is 5.91 Å². The normalized spacial score (nSPS) is 18.7. The molecule has 3 aromatic carbocycles. The van der Waals surface area contributed by atoms with E-state index in [1.165, 1.54) is 12.1 Å². The molecule has 0 aliphatic carbocycles. The van der Waals surface area contributed by atoms with Crippen LogP contribution < -0.4 is 5.32 Å². The van der Waals surface area contributed by atoms with Crippen molar-refractivity contribution >= 4 is 22.7 Å². The molecule has 6 heteroatoms. The maximum atomic E-state index is 13.5. The number of aromatic nitrogens is 1. The van der Waals surface area contributed by atoms with E-state index in [0.29, 0.717) is 24.9 Å². The van der Waals surface area contributed by atoms with Gasteiger partial charge in [-0.15, -0.1) is 0 Å². The van der Waals surface area contributed by atoms with Crippen LogP contribution in [0.25, 0.3) is 10.9 Å². The number of nitrogens with zero attached hydrogens (tertiary/aromatic N) is 1. The van der Waals surface area contributed by atoms with Crippen LogP contribution in [0.4, 0.5) is 4.39 Å². The van der Waals surface area contributed by atoms with Crippen LogP contribution in [0.1, 0.15) is 38.8 Å². The number of benzene rings is 3. The van der Waals surface area contributed by atoms with E-state index in [1.807, 2.05) is 48.5 Å². The van der Waals surface area contributed by atoms with Crippen LogP contribution in [0.3, 0.4) is 0 Å². The number of carbonyl (C=O) groups excluding carboxylic acids is 2. The summed E-state index contributed by atoms with van der Waals surface area (Å²) >= 11 is 0. The first kappa shape index (κ1) is 19.7. The van der Waals surface area contributed by atoms with E-state index < -0.39 is 6.04 Å². The summed E-state index contributed by atoms with van der Waals surface area (Å²) in [6.07, 6.45) is 0.966. The Kier molecular flexibility index (Phi) is 4.54. The average molecular weight is 439 g/mol. The monoisotopic (exact) mass is 439 g/mol. The minimum absolute atomic E-state index is 0.120. The van der Waals surface area contributed by atoms with Gasteiger partial charge in [-0.2, -0.15) is 0 Å². The summed E-state index contributed by atoms with van der Waals surface area (Å²) < 4.78 is 13.5. The summed E-state index contributed by atoms with van der Waals surface area (Å²) in [5.41, 5.74) is 5.46. The molecular weight excluding hydrogens is 417 g/mol. The second-order valence-electron chi connectivity index (χ2n) is 8.66. The molecule has 0 saturated carbocycles. The molecule has 6 rings (SSSR count). The molecule has 2 aliphatic heterocycles. The number of halogens is 1. The molecule has 3 heterocycles. The Labute approximate surface area is 190 Å². The first-order chi connectivity index (χ1) is 16.1. The molecule has 2 amide bonds. The van der Waals surface area contributed by atoms with Crippen LogP contribution in [0.5, 0.6) is 0 Å². The van der Waals surface area contributed by atoms with Gasteiger partial charge in [0.05, 0.1) is 6.04 Å². The Morgan fingerprint density at radius 2 is 1.88 bits per heavy atom. The third kappa shape index (κ3) is 3.13. The molecule has 5 nitrogen and oxygen atoms in total. The predicted molar refractivity (Wildman–Crippen MR) is 123 cm³/mol. The molecule has 0 radical (unpaired) electrons. The van der Waals surface area contributed by atoms with E-state index in [9.17, 15) is 14.0 Å². The molecular formula is C27H22FN3O2. The van der Waals surface area contributed by atoms with Crippen molar-refractivity contribution in [3.63, 3.8) is 0 Å². The molecule has 33 heavy (non-hydrogen) atoms. The van der Waals surface area contributed by atoms with Crippen molar-refractivity contribution in [3.05, 3.63) is 107 Å². The van der Waals surface area contributed by atoms with Crippen LogP contribution in [-0.4, -0.2) is 34.3 Å². The summed E-state index contributed by atoms with van der Waals surface area (Å²) in [6.45, 7) is 0.374. The van der Waals surface area contributed by atoms with Gasteiger partial charge in [0, 0.05) is 35.1 Å².